The lowest BCUT2D eigenvalue weighted by Crippen LogP contribution is -2.34. The maximum atomic E-state index is 12.4. The first-order valence-electron chi connectivity index (χ1n) is 7.29. The van der Waals surface area contributed by atoms with Crippen LogP contribution in [0.4, 0.5) is 0 Å². The third kappa shape index (κ3) is 2.83. The highest BCUT2D eigenvalue weighted by Gasteiger charge is 2.16. The predicted molar refractivity (Wildman–Crippen MR) is 84.8 cm³/mol. The molecule has 2 heterocycles. The molecule has 3 aromatic rings. The number of carbonyl (C=O) groups is 1. The summed E-state index contributed by atoms with van der Waals surface area (Å²) in [6.45, 7) is 4.09. The topological polar surface area (TPSA) is 59.3 Å². The molecule has 22 heavy (non-hydrogen) atoms. The Labute approximate surface area is 129 Å². The number of rotatable bonds is 4. The van der Waals surface area contributed by atoms with Crippen molar-refractivity contribution < 1.29 is 4.79 Å². The molecule has 0 aliphatic heterocycles. The molecule has 0 saturated heterocycles. The predicted octanol–water partition coefficient (Wildman–Crippen LogP) is 2.40. The minimum absolute atomic E-state index is 0.0345. The highest BCUT2D eigenvalue weighted by molar-refractivity contribution is 5.99. The Morgan fingerprint density at radius 1 is 1.32 bits per heavy atom. The third-order valence-electron chi connectivity index (χ3n) is 3.69. The quantitative estimate of drug-likeness (QED) is 0.804. The van der Waals surface area contributed by atoms with E-state index in [2.05, 4.69) is 34.5 Å². The second kappa shape index (κ2) is 5.97. The summed E-state index contributed by atoms with van der Waals surface area (Å²) in [5.41, 5.74) is 3.55. The molecule has 1 amide bonds. The first-order chi connectivity index (χ1) is 10.6. The van der Waals surface area contributed by atoms with Crippen LogP contribution in [0.25, 0.3) is 5.65 Å². The Morgan fingerprint density at radius 3 is 2.95 bits per heavy atom. The van der Waals surface area contributed by atoms with Crippen molar-refractivity contribution in [2.45, 2.75) is 26.3 Å². The zero-order chi connectivity index (χ0) is 15.5. The summed E-state index contributed by atoms with van der Waals surface area (Å²) in [4.78, 5) is 16.6. The van der Waals surface area contributed by atoms with E-state index in [4.69, 9.17) is 0 Å². The van der Waals surface area contributed by atoms with Gasteiger partial charge in [-0.25, -0.2) is 9.50 Å². The largest absolute Gasteiger partial charge is 0.349 e. The van der Waals surface area contributed by atoms with Crippen LogP contribution < -0.4 is 5.32 Å². The van der Waals surface area contributed by atoms with E-state index < -0.39 is 0 Å². The van der Waals surface area contributed by atoms with E-state index >= 15 is 0 Å². The van der Waals surface area contributed by atoms with E-state index in [0.29, 0.717) is 11.2 Å². The van der Waals surface area contributed by atoms with Crippen LogP contribution in [0.5, 0.6) is 0 Å². The molecule has 1 atom stereocenters. The van der Waals surface area contributed by atoms with Gasteiger partial charge in [0.25, 0.3) is 5.91 Å². The van der Waals surface area contributed by atoms with Crippen LogP contribution >= 0.6 is 0 Å². The molecule has 1 aromatic carbocycles. The van der Waals surface area contributed by atoms with E-state index in [1.54, 1.807) is 29.2 Å². The van der Waals surface area contributed by atoms with Crippen molar-refractivity contribution >= 4 is 11.6 Å². The van der Waals surface area contributed by atoms with Crippen molar-refractivity contribution in [2.24, 2.45) is 0 Å². The van der Waals surface area contributed by atoms with Crippen LogP contribution in [0, 0.1) is 6.92 Å². The number of aryl methyl sites for hydroxylation is 1. The summed E-state index contributed by atoms with van der Waals surface area (Å²) >= 11 is 0. The van der Waals surface area contributed by atoms with Crippen LogP contribution in [-0.2, 0) is 6.42 Å². The number of carbonyl (C=O) groups excluding carboxylic acids is 1. The number of nitrogens with zero attached hydrogens (tertiary/aromatic N) is 3. The van der Waals surface area contributed by atoms with Gasteiger partial charge in [-0.2, -0.15) is 5.10 Å². The van der Waals surface area contributed by atoms with Crippen LogP contribution in [0.1, 0.15) is 28.4 Å². The van der Waals surface area contributed by atoms with Gasteiger partial charge in [0.2, 0.25) is 0 Å². The number of benzene rings is 1. The van der Waals surface area contributed by atoms with Crippen LogP contribution in [0.3, 0.4) is 0 Å². The van der Waals surface area contributed by atoms with Crippen LogP contribution in [-0.4, -0.2) is 26.5 Å². The summed E-state index contributed by atoms with van der Waals surface area (Å²) in [7, 11) is 0. The summed E-state index contributed by atoms with van der Waals surface area (Å²) < 4.78 is 1.60. The van der Waals surface area contributed by atoms with Gasteiger partial charge in [-0.15, -0.1) is 0 Å². The Balaban J connectivity index is 1.73. The number of hydrogen-bond acceptors (Lipinski definition) is 3. The molecular weight excluding hydrogens is 276 g/mol. The molecule has 0 aliphatic carbocycles. The summed E-state index contributed by atoms with van der Waals surface area (Å²) in [6.07, 6.45) is 5.78. The molecule has 0 spiro atoms. The molecule has 112 valence electrons. The molecule has 2 aromatic heterocycles. The van der Waals surface area contributed by atoms with Gasteiger partial charge in [0.05, 0.1) is 6.20 Å². The van der Waals surface area contributed by atoms with Gasteiger partial charge >= 0.3 is 0 Å². The standard InChI is InChI=1S/C17H18N4O/c1-12-6-3-4-7-14(12)10-13(2)20-17(22)15-11-19-21-9-5-8-18-16(15)21/h3-9,11,13H,10H2,1-2H3,(H,20,22)/t13-/m1/s1. The summed E-state index contributed by atoms with van der Waals surface area (Å²) in [5.74, 6) is -0.144. The normalized spacial score (nSPS) is 12.3. The molecule has 0 aliphatic rings. The number of fused-ring (bicyclic) bond motifs is 1. The fourth-order valence-electron chi connectivity index (χ4n) is 2.51. The lowest BCUT2D eigenvalue weighted by atomic mass is 10.0. The van der Waals surface area contributed by atoms with Crippen molar-refractivity contribution in [1.82, 2.24) is 19.9 Å². The molecule has 0 fully saturated rings. The Kier molecular flexibility index (Phi) is 3.87. The molecule has 0 saturated carbocycles. The zero-order valence-corrected chi connectivity index (χ0v) is 12.7. The number of amides is 1. The van der Waals surface area contributed by atoms with Gasteiger partial charge in [0.15, 0.2) is 5.65 Å². The van der Waals surface area contributed by atoms with Crippen LogP contribution in [0.15, 0.2) is 48.9 Å². The highest BCUT2D eigenvalue weighted by Crippen LogP contribution is 2.11. The average Bonchev–Trinajstić information content (AvgIpc) is 2.93. The van der Waals surface area contributed by atoms with E-state index in [1.165, 1.54) is 11.1 Å². The Hall–Kier alpha value is -2.69. The molecule has 0 bridgehead atoms. The van der Waals surface area contributed by atoms with Crippen molar-refractivity contribution in [3.05, 3.63) is 65.6 Å². The van der Waals surface area contributed by atoms with Crippen LogP contribution in [0.2, 0.25) is 0 Å². The van der Waals surface area contributed by atoms with E-state index in [9.17, 15) is 4.79 Å². The lowest BCUT2D eigenvalue weighted by molar-refractivity contribution is 0.0941. The molecule has 0 radical (unpaired) electrons. The first kappa shape index (κ1) is 14.3. The zero-order valence-electron chi connectivity index (χ0n) is 12.7. The van der Waals surface area contributed by atoms with Gasteiger partial charge in [-0.1, -0.05) is 24.3 Å². The summed E-state index contributed by atoms with van der Waals surface area (Å²) in [5, 5.41) is 7.16. The van der Waals surface area contributed by atoms with E-state index in [-0.39, 0.29) is 11.9 Å². The first-order valence-corrected chi connectivity index (χ1v) is 7.29. The van der Waals surface area contributed by atoms with E-state index in [0.717, 1.165) is 6.42 Å². The van der Waals surface area contributed by atoms with Crippen molar-refractivity contribution in [3.63, 3.8) is 0 Å². The minimum atomic E-state index is -0.144. The third-order valence-corrected chi connectivity index (χ3v) is 3.69. The molecule has 5 nitrogen and oxygen atoms in total. The van der Waals surface area contributed by atoms with Crippen molar-refractivity contribution in [2.75, 3.05) is 0 Å². The SMILES string of the molecule is Cc1ccccc1C[C@@H](C)NC(=O)c1cnn2cccnc12. The molecule has 1 N–H and O–H groups in total. The lowest BCUT2D eigenvalue weighted by Gasteiger charge is -2.14. The van der Waals surface area contributed by atoms with Gasteiger partial charge in [-0.3, -0.25) is 4.79 Å². The number of hydrogen-bond donors (Lipinski definition) is 1. The Bertz CT molecular complexity index is 809. The fraction of sp³-hybridized carbons (Fsp3) is 0.235. The molecule has 3 rings (SSSR count). The average molecular weight is 294 g/mol. The second-order valence-corrected chi connectivity index (χ2v) is 5.45. The van der Waals surface area contributed by atoms with Gasteiger partial charge in [-0.05, 0) is 37.5 Å². The number of nitrogens with one attached hydrogen (secondary N) is 1. The molecule has 5 heteroatoms. The van der Waals surface area contributed by atoms with E-state index in [1.807, 2.05) is 19.1 Å². The van der Waals surface area contributed by atoms with Gasteiger partial charge < -0.3 is 5.32 Å². The second-order valence-electron chi connectivity index (χ2n) is 5.45. The maximum Gasteiger partial charge on any atom is 0.256 e. The minimum Gasteiger partial charge on any atom is -0.349 e. The van der Waals surface area contributed by atoms with Crippen molar-refractivity contribution in [3.8, 4) is 0 Å². The maximum absolute atomic E-state index is 12.4. The monoisotopic (exact) mass is 294 g/mol. The number of aromatic nitrogens is 3. The fourth-order valence-corrected chi connectivity index (χ4v) is 2.51. The summed E-state index contributed by atoms with van der Waals surface area (Å²) in [6, 6.07) is 10.0. The Morgan fingerprint density at radius 2 is 2.14 bits per heavy atom. The van der Waals surface area contributed by atoms with Crippen molar-refractivity contribution in [1.29, 1.82) is 0 Å². The smallest absolute Gasteiger partial charge is 0.256 e. The molecule has 0 unspecified atom stereocenters. The van der Waals surface area contributed by atoms with Gasteiger partial charge in [0.1, 0.15) is 5.56 Å². The highest BCUT2D eigenvalue weighted by atomic mass is 16.1. The van der Waals surface area contributed by atoms with Gasteiger partial charge in [0, 0.05) is 18.4 Å². The molecular formula is C17H18N4O.